The number of amides is 2. The first-order valence-electron chi connectivity index (χ1n) is 5.57. The van der Waals surface area contributed by atoms with Gasteiger partial charge in [0.1, 0.15) is 6.04 Å². The van der Waals surface area contributed by atoms with E-state index >= 15 is 0 Å². The third kappa shape index (κ3) is 5.07. The van der Waals surface area contributed by atoms with Crippen LogP contribution < -0.4 is 11.1 Å². The molecule has 4 N–H and O–H groups in total. The first-order chi connectivity index (χ1) is 9.29. The molecule has 20 heavy (non-hydrogen) atoms. The molecule has 2 amide bonds. The highest BCUT2D eigenvalue weighted by atomic mass is 35.5. The predicted molar refractivity (Wildman–Crippen MR) is 73.8 cm³/mol. The average Bonchev–Trinajstić information content (AvgIpc) is 2.32. The average molecular weight is 319 g/mol. The Bertz CT molecular complexity index is 528. The molecule has 0 heterocycles. The molecule has 1 rings (SSSR count). The number of benzene rings is 1. The summed E-state index contributed by atoms with van der Waals surface area (Å²) in [5, 5.41) is 11.8. The smallest absolute Gasteiger partial charge is 0.326 e. The molecule has 0 spiro atoms. The van der Waals surface area contributed by atoms with E-state index in [-0.39, 0.29) is 28.5 Å². The molecule has 0 aliphatic rings. The molecule has 0 fully saturated rings. The van der Waals surface area contributed by atoms with Crippen molar-refractivity contribution < 1.29 is 19.5 Å². The van der Waals surface area contributed by atoms with Crippen LogP contribution in [0.5, 0.6) is 0 Å². The zero-order valence-electron chi connectivity index (χ0n) is 10.2. The molecule has 0 aromatic heterocycles. The van der Waals surface area contributed by atoms with Gasteiger partial charge in [0.05, 0.1) is 0 Å². The van der Waals surface area contributed by atoms with Gasteiger partial charge in [-0.1, -0.05) is 23.2 Å². The summed E-state index contributed by atoms with van der Waals surface area (Å²) in [5.74, 6) is -2.55. The van der Waals surface area contributed by atoms with Gasteiger partial charge >= 0.3 is 5.97 Å². The van der Waals surface area contributed by atoms with Gasteiger partial charge in [0.25, 0.3) is 5.91 Å². The molecular formula is C12H12Cl2N2O4. The number of carbonyl (C=O) groups excluding carboxylic acids is 2. The van der Waals surface area contributed by atoms with Crippen LogP contribution in [0.4, 0.5) is 0 Å². The number of hydrogen-bond acceptors (Lipinski definition) is 3. The van der Waals surface area contributed by atoms with E-state index in [1.54, 1.807) is 0 Å². The fourth-order valence-corrected chi connectivity index (χ4v) is 2.00. The molecule has 1 aromatic carbocycles. The van der Waals surface area contributed by atoms with E-state index in [1.165, 1.54) is 18.2 Å². The summed E-state index contributed by atoms with van der Waals surface area (Å²) in [5.41, 5.74) is 5.08. The number of nitrogens with two attached hydrogens (primary N) is 1. The lowest BCUT2D eigenvalue weighted by atomic mass is 10.1. The second-order valence-electron chi connectivity index (χ2n) is 4.03. The van der Waals surface area contributed by atoms with Gasteiger partial charge in [-0.2, -0.15) is 0 Å². The molecule has 0 aliphatic carbocycles. The molecule has 0 radical (unpaired) electrons. The summed E-state index contributed by atoms with van der Waals surface area (Å²) < 4.78 is 0. The highest BCUT2D eigenvalue weighted by molar-refractivity contribution is 6.35. The van der Waals surface area contributed by atoms with E-state index in [9.17, 15) is 14.4 Å². The topological polar surface area (TPSA) is 109 Å². The normalized spacial score (nSPS) is 11.7. The standard InChI is InChI=1S/C12H12Cl2N2O4/c13-7-3-6(4-8(14)5-7)11(18)16-9(12(19)20)1-2-10(15)17/h3-5,9H,1-2H2,(H2,15,17)(H,16,18)(H,19,20)/t9-/m1/s1. The van der Waals surface area contributed by atoms with Crippen LogP contribution >= 0.6 is 23.2 Å². The lowest BCUT2D eigenvalue weighted by Crippen LogP contribution is -2.41. The number of carboxylic acid groups (broad SMARTS) is 1. The Kier molecular flexibility index (Phi) is 5.79. The summed E-state index contributed by atoms with van der Waals surface area (Å²) in [4.78, 5) is 33.5. The molecule has 1 aromatic rings. The van der Waals surface area contributed by atoms with Gasteiger partial charge in [-0.25, -0.2) is 4.79 Å². The summed E-state index contributed by atoms with van der Waals surface area (Å²) in [7, 11) is 0. The van der Waals surface area contributed by atoms with Crippen LogP contribution in [0.3, 0.4) is 0 Å². The number of hydrogen-bond donors (Lipinski definition) is 3. The Balaban J connectivity index is 2.79. The summed E-state index contributed by atoms with van der Waals surface area (Å²) >= 11 is 11.5. The van der Waals surface area contributed by atoms with Crippen molar-refractivity contribution in [2.45, 2.75) is 18.9 Å². The van der Waals surface area contributed by atoms with Crippen molar-refractivity contribution in [1.82, 2.24) is 5.32 Å². The van der Waals surface area contributed by atoms with Crippen LogP contribution in [-0.2, 0) is 9.59 Å². The molecular weight excluding hydrogens is 307 g/mol. The number of aliphatic carboxylic acids is 1. The highest BCUT2D eigenvalue weighted by Gasteiger charge is 2.21. The quantitative estimate of drug-likeness (QED) is 0.737. The van der Waals surface area contributed by atoms with Crippen LogP contribution in [0.15, 0.2) is 18.2 Å². The Morgan fingerprint density at radius 3 is 2.20 bits per heavy atom. The lowest BCUT2D eigenvalue weighted by molar-refractivity contribution is -0.139. The largest absolute Gasteiger partial charge is 0.480 e. The van der Waals surface area contributed by atoms with E-state index in [0.29, 0.717) is 0 Å². The van der Waals surface area contributed by atoms with Crippen molar-refractivity contribution in [2.75, 3.05) is 0 Å². The molecule has 0 saturated heterocycles. The maximum absolute atomic E-state index is 11.9. The minimum absolute atomic E-state index is 0.0926. The Labute approximate surface area is 124 Å². The van der Waals surface area contributed by atoms with E-state index in [4.69, 9.17) is 34.0 Å². The van der Waals surface area contributed by atoms with Crippen LogP contribution in [0.2, 0.25) is 10.0 Å². The minimum atomic E-state index is -1.26. The first-order valence-corrected chi connectivity index (χ1v) is 6.33. The number of nitrogens with one attached hydrogen (secondary N) is 1. The van der Waals surface area contributed by atoms with Crippen LogP contribution in [0.25, 0.3) is 0 Å². The molecule has 0 unspecified atom stereocenters. The number of rotatable bonds is 6. The fraction of sp³-hybridized carbons (Fsp3) is 0.250. The third-order valence-electron chi connectivity index (χ3n) is 2.41. The van der Waals surface area contributed by atoms with E-state index in [1.807, 2.05) is 0 Å². The molecule has 0 bridgehead atoms. The second-order valence-corrected chi connectivity index (χ2v) is 4.90. The highest BCUT2D eigenvalue weighted by Crippen LogP contribution is 2.19. The molecule has 8 heteroatoms. The van der Waals surface area contributed by atoms with Crippen molar-refractivity contribution in [1.29, 1.82) is 0 Å². The van der Waals surface area contributed by atoms with Crippen molar-refractivity contribution in [3.8, 4) is 0 Å². The monoisotopic (exact) mass is 318 g/mol. The molecule has 0 saturated carbocycles. The molecule has 0 aliphatic heterocycles. The van der Waals surface area contributed by atoms with E-state index in [2.05, 4.69) is 5.32 Å². The predicted octanol–water partition coefficient (Wildman–Crippen LogP) is 1.44. The van der Waals surface area contributed by atoms with Crippen molar-refractivity contribution in [3.63, 3.8) is 0 Å². The molecule has 108 valence electrons. The van der Waals surface area contributed by atoms with Gasteiger partial charge in [-0.3, -0.25) is 9.59 Å². The molecule has 1 atom stereocenters. The van der Waals surface area contributed by atoms with Crippen LogP contribution in [0, 0.1) is 0 Å². The maximum Gasteiger partial charge on any atom is 0.326 e. The van der Waals surface area contributed by atoms with Crippen molar-refractivity contribution in [2.24, 2.45) is 5.73 Å². The fourth-order valence-electron chi connectivity index (χ4n) is 1.47. The summed E-state index contributed by atoms with van der Waals surface area (Å²) in [6.45, 7) is 0. The van der Waals surface area contributed by atoms with E-state index in [0.717, 1.165) is 0 Å². The lowest BCUT2D eigenvalue weighted by Gasteiger charge is -2.14. The van der Waals surface area contributed by atoms with Crippen molar-refractivity contribution in [3.05, 3.63) is 33.8 Å². The maximum atomic E-state index is 11.9. The van der Waals surface area contributed by atoms with Gasteiger partial charge < -0.3 is 16.2 Å². The zero-order chi connectivity index (χ0) is 15.3. The molecule has 6 nitrogen and oxygen atoms in total. The minimum Gasteiger partial charge on any atom is -0.480 e. The number of primary amides is 1. The van der Waals surface area contributed by atoms with Gasteiger partial charge in [-0.05, 0) is 24.6 Å². The Morgan fingerprint density at radius 2 is 1.75 bits per heavy atom. The zero-order valence-corrected chi connectivity index (χ0v) is 11.7. The summed E-state index contributed by atoms with van der Waals surface area (Å²) in [6, 6.07) is 2.94. The SMILES string of the molecule is NC(=O)CC[C@@H](NC(=O)c1cc(Cl)cc(Cl)c1)C(=O)O. The Hall–Kier alpha value is -1.79. The van der Waals surface area contributed by atoms with Gasteiger partial charge in [0, 0.05) is 22.0 Å². The van der Waals surface area contributed by atoms with Crippen LogP contribution in [-0.4, -0.2) is 28.9 Å². The Morgan fingerprint density at radius 1 is 1.20 bits per heavy atom. The van der Waals surface area contributed by atoms with E-state index < -0.39 is 23.8 Å². The number of carbonyl (C=O) groups is 3. The van der Waals surface area contributed by atoms with Gasteiger partial charge in [-0.15, -0.1) is 0 Å². The number of halogens is 2. The first kappa shape index (κ1) is 16.3. The second kappa shape index (κ2) is 7.12. The summed E-state index contributed by atoms with van der Waals surface area (Å²) in [6.07, 6.45) is -0.238. The van der Waals surface area contributed by atoms with Gasteiger partial charge in [0.15, 0.2) is 0 Å². The van der Waals surface area contributed by atoms with Gasteiger partial charge in [0.2, 0.25) is 5.91 Å². The third-order valence-corrected chi connectivity index (χ3v) is 2.84. The van der Waals surface area contributed by atoms with Crippen molar-refractivity contribution >= 4 is 41.0 Å². The number of carboxylic acids is 1. The van der Waals surface area contributed by atoms with Crippen LogP contribution in [0.1, 0.15) is 23.2 Å².